The fourth-order valence-electron chi connectivity index (χ4n) is 3.83. The molecule has 1 aromatic heterocycles. The van der Waals surface area contributed by atoms with Crippen molar-refractivity contribution < 1.29 is 0 Å². The number of benzene rings is 1. The summed E-state index contributed by atoms with van der Waals surface area (Å²) in [5.74, 6) is 0.261. The molecule has 1 N–H and O–H groups in total. The molecule has 0 spiro atoms. The average Bonchev–Trinajstić information content (AvgIpc) is 2.70. The molecule has 0 bridgehead atoms. The Morgan fingerprint density at radius 1 is 1.14 bits per heavy atom. The lowest BCUT2D eigenvalue weighted by molar-refractivity contribution is 0.152. The molecule has 0 aliphatic carbocycles. The van der Waals surface area contributed by atoms with Gasteiger partial charge in [-0.1, -0.05) is 30.7 Å². The molecule has 2 heterocycles. The zero-order chi connectivity index (χ0) is 20.3. The van der Waals surface area contributed by atoms with E-state index in [4.69, 9.17) is 0 Å². The van der Waals surface area contributed by atoms with Gasteiger partial charge in [-0.3, -0.25) is 18.8 Å². The summed E-state index contributed by atoms with van der Waals surface area (Å²) in [6.45, 7) is 4.69. The number of aromatic nitrogens is 2. The SMILES string of the molecule is CC1CCCCN1Cc1ccccc1CNc1c(C#N)c(=O)n(C)c(=O)n1C. The van der Waals surface area contributed by atoms with Crippen LogP contribution in [-0.2, 0) is 27.2 Å². The van der Waals surface area contributed by atoms with Gasteiger partial charge in [0.05, 0.1) is 0 Å². The highest BCUT2D eigenvalue weighted by Crippen LogP contribution is 2.21. The maximum Gasteiger partial charge on any atom is 0.332 e. The van der Waals surface area contributed by atoms with Gasteiger partial charge in [-0.2, -0.15) is 5.26 Å². The molecule has 3 rings (SSSR count). The van der Waals surface area contributed by atoms with Crippen LogP contribution in [-0.4, -0.2) is 26.6 Å². The van der Waals surface area contributed by atoms with Gasteiger partial charge in [0, 0.05) is 33.2 Å². The second kappa shape index (κ2) is 8.44. The van der Waals surface area contributed by atoms with Crippen molar-refractivity contribution in [3.05, 3.63) is 61.8 Å². The predicted octanol–water partition coefficient (Wildman–Crippen LogP) is 1.94. The zero-order valence-corrected chi connectivity index (χ0v) is 16.7. The van der Waals surface area contributed by atoms with E-state index in [9.17, 15) is 14.9 Å². The van der Waals surface area contributed by atoms with Crippen molar-refractivity contribution in [2.24, 2.45) is 14.1 Å². The maximum absolute atomic E-state index is 12.3. The summed E-state index contributed by atoms with van der Waals surface area (Å²) < 4.78 is 2.27. The second-order valence-electron chi connectivity index (χ2n) is 7.48. The topological polar surface area (TPSA) is 83.1 Å². The number of rotatable bonds is 5. The minimum Gasteiger partial charge on any atom is -0.366 e. The number of nitriles is 1. The first-order valence-corrected chi connectivity index (χ1v) is 9.68. The number of likely N-dealkylation sites (tertiary alicyclic amines) is 1. The Balaban J connectivity index is 1.86. The van der Waals surface area contributed by atoms with Gasteiger partial charge in [0.2, 0.25) is 0 Å². The van der Waals surface area contributed by atoms with E-state index < -0.39 is 11.2 Å². The van der Waals surface area contributed by atoms with E-state index in [-0.39, 0.29) is 11.4 Å². The van der Waals surface area contributed by atoms with E-state index in [1.807, 2.05) is 24.3 Å². The van der Waals surface area contributed by atoms with Crippen molar-refractivity contribution >= 4 is 5.82 Å². The fraction of sp³-hybridized carbons (Fsp3) is 0.476. The van der Waals surface area contributed by atoms with E-state index in [1.54, 1.807) is 7.05 Å². The summed E-state index contributed by atoms with van der Waals surface area (Å²) >= 11 is 0. The highest BCUT2D eigenvalue weighted by molar-refractivity contribution is 5.51. The lowest BCUT2D eigenvalue weighted by Gasteiger charge is -2.33. The van der Waals surface area contributed by atoms with Gasteiger partial charge in [0.1, 0.15) is 11.9 Å². The molecule has 1 aromatic carbocycles. The molecule has 0 radical (unpaired) electrons. The largest absolute Gasteiger partial charge is 0.366 e. The van der Waals surface area contributed by atoms with Gasteiger partial charge in [0.25, 0.3) is 5.56 Å². The van der Waals surface area contributed by atoms with E-state index >= 15 is 0 Å². The summed E-state index contributed by atoms with van der Waals surface area (Å²) in [7, 11) is 2.94. The van der Waals surface area contributed by atoms with Gasteiger partial charge in [-0.05, 0) is 37.4 Å². The molecule has 1 fully saturated rings. The molecule has 2 aromatic rings. The second-order valence-corrected chi connectivity index (χ2v) is 7.48. The quantitative estimate of drug-likeness (QED) is 0.856. The molecule has 148 valence electrons. The third-order valence-electron chi connectivity index (χ3n) is 5.66. The van der Waals surface area contributed by atoms with Crippen LogP contribution >= 0.6 is 0 Å². The first kappa shape index (κ1) is 19.9. The average molecular weight is 381 g/mol. The normalized spacial score (nSPS) is 17.3. The van der Waals surface area contributed by atoms with Crippen molar-refractivity contribution in [3.63, 3.8) is 0 Å². The van der Waals surface area contributed by atoms with Crippen LogP contribution in [0.2, 0.25) is 0 Å². The number of hydrogen-bond donors (Lipinski definition) is 1. The van der Waals surface area contributed by atoms with Crippen LogP contribution in [0.4, 0.5) is 5.82 Å². The summed E-state index contributed by atoms with van der Waals surface area (Å²) in [6.07, 6.45) is 3.74. The molecule has 0 saturated carbocycles. The number of nitrogens with one attached hydrogen (secondary N) is 1. The fourth-order valence-corrected chi connectivity index (χ4v) is 3.83. The molecule has 0 amide bonds. The Hall–Kier alpha value is -2.85. The molecule has 7 heteroatoms. The minimum atomic E-state index is -0.580. The summed E-state index contributed by atoms with van der Waals surface area (Å²) in [6, 6.07) is 10.7. The zero-order valence-electron chi connectivity index (χ0n) is 16.7. The van der Waals surface area contributed by atoms with E-state index in [0.717, 1.165) is 23.2 Å². The van der Waals surface area contributed by atoms with Crippen LogP contribution in [0.5, 0.6) is 0 Å². The van der Waals surface area contributed by atoms with E-state index in [0.29, 0.717) is 12.6 Å². The Bertz CT molecular complexity index is 1010. The van der Waals surface area contributed by atoms with Gasteiger partial charge < -0.3 is 5.32 Å². The van der Waals surface area contributed by atoms with Gasteiger partial charge in [-0.25, -0.2) is 4.79 Å². The maximum atomic E-state index is 12.3. The first-order valence-electron chi connectivity index (χ1n) is 9.68. The monoisotopic (exact) mass is 381 g/mol. The summed E-state index contributed by atoms with van der Waals surface area (Å²) in [5, 5.41) is 12.6. The van der Waals surface area contributed by atoms with Crippen molar-refractivity contribution in [2.45, 2.75) is 45.3 Å². The molecule has 1 aliphatic heterocycles. The standard InChI is InChI=1S/C21H27N5O2/c1-15-8-6-7-11-26(15)14-17-10-5-4-9-16(17)13-23-19-18(12-22)20(27)25(3)21(28)24(19)2/h4-5,9-10,15,23H,6-8,11,13-14H2,1-3H3. The van der Waals surface area contributed by atoms with Gasteiger partial charge in [0.15, 0.2) is 5.56 Å². The molecule has 1 unspecified atom stereocenters. The van der Waals surface area contributed by atoms with Crippen LogP contribution < -0.4 is 16.6 Å². The van der Waals surface area contributed by atoms with Crippen LogP contribution in [0.1, 0.15) is 42.9 Å². The number of anilines is 1. The molecule has 7 nitrogen and oxygen atoms in total. The summed E-state index contributed by atoms with van der Waals surface area (Å²) in [5.41, 5.74) is 1.23. The molecule has 1 atom stereocenters. The van der Waals surface area contributed by atoms with Crippen LogP contribution in [0.25, 0.3) is 0 Å². The smallest absolute Gasteiger partial charge is 0.332 e. The number of hydrogen-bond acceptors (Lipinski definition) is 5. The predicted molar refractivity (Wildman–Crippen MR) is 109 cm³/mol. The Kier molecular flexibility index (Phi) is 6.00. The molecular formula is C21H27N5O2. The highest BCUT2D eigenvalue weighted by Gasteiger charge is 2.20. The number of nitrogens with zero attached hydrogens (tertiary/aromatic N) is 4. The van der Waals surface area contributed by atoms with Crippen molar-refractivity contribution in [1.82, 2.24) is 14.0 Å². The third kappa shape index (κ3) is 3.87. The lowest BCUT2D eigenvalue weighted by atomic mass is 10.0. The highest BCUT2D eigenvalue weighted by atomic mass is 16.2. The lowest BCUT2D eigenvalue weighted by Crippen LogP contribution is -2.40. The van der Waals surface area contributed by atoms with Crippen LogP contribution in [0.3, 0.4) is 0 Å². The van der Waals surface area contributed by atoms with Crippen LogP contribution in [0.15, 0.2) is 33.9 Å². The Morgan fingerprint density at radius 3 is 2.54 bits per heavy atom. The van der Waals surface area contributed by atoms with Gasteiger partial charge in [-0.15, -0.1) is 0 Å². The van der Waals surface area contributed by atoms with Crippen molar-refractivity contribution in [1.29, 1.82) is 5.26 Å². The Morgan fingerprint density at radius 2 is 1.86 bits per heavy atom. The van der Waals surface area contributed by atoms with Crippen molar-refractivity contribution in [3.8, 4) is 6.07 Å². The van der Waals surface area contributed by atoms with E-state index in [1.165, 1.54) is 36.4 Å². The van der Waals surface area contributed by atoms with Crippen molar-refractivity contribution in [2.75, 3.05) is 11.9 Å². The molecule has 28 heavy (non-hydrogen) atoms. The molecule has 1 saturated heterocycles. The van der Waals surface area contributed by atoms with E-state index in [2.05, 4.69) is 23.2 Å². The molecule has 1 aliphatic rings. The van der Waals surface area contributed by atoms with Gasteiger partial charge >= 0.3 is 5.69 Å². The minimum absolute atomic E-state index is 0.0493. The first-order chi connectivity index (χ1) is 13.4. The number of piperidine rings is 1. The van der Waals surface area contributed by atoms with Crippen LogP contribution in [0, 0.1) is 11.3 Å². The summed E-state index contributed by atoms with van der Waals surface area (Å²) in [4.78, 5) is 27.0. The Labute approximate surface area is 164 Å². The molecular weight excluding hydrogens is 354 g/mol. The third-order valence-corrected chi connectivity index (χ3v) is 5.66.